The normalized spacial score (nSPS) is 20.0. The Labute approximate surface area is 365 Å². The van der Waals surface area contributed by atoms with Crippen LogP contribution in [0.25, 0.3) is 0 Å². The van der Waals surface area contributed by atoms with E-state index >= 15 is 0 Å². The predicted octanol–water partition coefficient (Wildman–Crippen LogP) is 9.79. The van der Waals surface area contributed by atoms with E-state index in [0.29, 0.717) is 13.2 Å². The highest BCUT2D eigenvalue weighted by Gasteiger charge is 2.38. The Morgan fingerprint density at radius 3 is 0.968 bits per heavy atom. The van der Waals surface area contributed by atoms with Crippen molar-refractivity contribution >= 4 is 0 Å². The van der Waals surface area contributed by atoms with Crippen molar-refractivity contribution in [3.63, 3.8) is 0 Å². The van der Waals surface area contributed by atoms with Crippen LogP contribution in [0.2, 0.25) is 0 Å². The number of epoxide rings is 2. The molecule has 2 aliphatic carbocycles. The van der Waals surface area contributed by atoms with Crippen molar-refractivity contribution in [1.82, 2.24) is 0 Å². The molecule has 7 heteroatoms. The van der Waals surface area contributed by atoms with Crippen LogP contribution in [0.3, 0.4) is 0 Å². The van der Waals surface area contributed by atoms with Crippen molar-refractivity contribution < 1.29 is 33.5 Å². The third-order valence-electron chi connectivity index (χ3n) is 13.7. The molecule has 2 heterocycles. The molecule has 1 N–H and O–H groups in total. The third kappa shape index (κ3) is 9.12. The second kappa shape index (κ2) is 18.0. The molecule has 2 atom stereocenters. The van der Waals surface area contributed by atoms with Crippen molar-refractivity contribution in [2.45, 2.75) is 80.5 Å². The Morgan fingerprint density at radius 1 is 0.419 bits per heavy atom. The molecule has 2 unspecified atom stereocenters. The van der Waals surface area contributed by atoms with Crippen LogP contribution in [0.15, 0.2) is 146 Å². The first-order valence-electron chi connectivity index (χ1n) is 22.5. The van der Waals surface area contributed by atoms with Gasteiger partial charge in [0.05, 0.1) is 13.2 Å². The molecule has 318 valence electrons. The summed E-state index contributed by atoms with van der Waals surface area (Å²) in [6, 6.07) is 52.1. The number of ether oxygens (including phenoxy) is 6. The van der Waals surface area contributed by atoms with Crippen molar-refractivity contribution in [3.8, 4) is 23.0 Å². The van der Waals surface area contributed by atoms with E-state index in [1.807, 2.05) is 24.3 Å². The maximum atomic E-state index is 11.0. The summed E-state index contributed by atoms with van der Waals surface area (Å²) in [7, 11) is 0. The summed E-state index contributed by atoms with van der Waals surface area (Å²) in [5.41, 5.74) is 10.6. The lowest BCUT2D eigenvalue weighted by molar-refractivity contribution is 0.0626. The zero-order valence-electron chi connectivity index (χ0n) is 35.4. The second-order valence-electron chi connectivity index (χ2n) is 17.6. The van der Waals surface area contributed by atoms with E-state index in [1.165, 1.54) is 44.5 Å². The highest BCUT2D eigenvalue weighted by molar-refractivity contribution is 5.47. The Morgan fingerprint density at radius 2 is 0.694 bits per heavy atom. The fourth-order valence-corrected chi connectivity index (χ4v) is 9.84. The number of aliphatic hydroxyl groups excluding tert-OH is 1. The maximum absolute atomic E-state index is 11.0. The van der Waals surface area contributed by atoms with Gasteiger partial charge in [0.1, 0.15) is 67.7 Å². The molecule has 0 radical (unpaired) electrons. The molecule has 0 saturated carbocycles. The Bertz CT molecular complexity index is 2180. The number of aliphatic hydroxyl groups is 1. The van der Waals surface area contributed by atoms with Crippen molar-refractivity contribution in [1.29, 1.82) is 0 Å². The maximum Gasteiger partial charge on any atom is 0.122 e. The predicted molar refractivity (Wildman–Crippen MR) is 241 cm³/mol. The van der Waals surface area contributed by atoms with Gasteiger partial charge in [-0.05, 0) is 144 Å². The van der Waals surface area contributed by atoms with Crippen LogP contribution in [0.4, 0.5) is 0 Å². The first-order valence-corrected chi connectivity index (χ1v) is 22.5. The monoisotopic (exact) mass is 828 g/mol. The fraction of sp³-hybridized carbons (Fsp3) is 0.345. The molecular weight excluding hydrogens is 773 g/mol. The average Bonchev–Trinajstić information content (AvgIpc) is 4.25. The molecule has 0 amide bonds. The summed E-state index contributed by atoms with van der Waals surface area (Å²) in [4.78, 5) is 0. The van der Waals surface area contributed by atoms with Crippen LogP contribution >= 0.6 is 0 Å². The first kappa shape index (κ1) is 40.5. The van der Waals surface area contributed by atoms with E-state index in [1.54, 1.807) is 0 Å². The van der Waals surface area contributed by atoms with Crippen molar-refractivity contribution in [2.75, 3.05) is 39.6 Å². The highest BCUT2D eigenvalue weighted by Crippen LogP contribution is 2.46. The van der Waals surface area contributed by atoms with Gasteiger partial charge in [0.2, 0.25) is 0 Å². The number of aryl methyl sites for hydroxylation is 4. The molecule has 10 rings (SSSR count). The molecule has 7 nitrogen and oxygen atoms in total. The van der Waals surface area contributed by atoms with Crippen LogP contribution < -0.4 is 18.9 Å². The average molecular weight is 829 g/mol. The van der Waals surface area contributed by atoms with E-state index in [4.69, 9.17) is 28.4 Å². The van der Waals surface area contributed by atoms with Gasteiger partial charge in [0.15, 0.2) is 0 Å². The van der Waals surface area contributed by atoms with E-state index in [-0.39, 0.29) is 36.3 Å². The van der Waals surface area contributed by atoms with Crippen molar-refractivity contribution in [2.24, 2.45) is 0 Å². The van der Waals surface area contributed by atoms with Crippen LogP contribution in [0, 0.1) is 0 Å². The van der Waals surface area contributed by atoms with Gasteiger partial charge in [-0.1, -0.05) is 97.1 Å². The molecule has 4 aliphatic rings. The molecule has 6 aromatic carbocycles. The molecule has 0 bridgehead atoms. The molecular formula is C55H56O7. The van der Waals surface area contributed by atoms with Gasteiger partial charge < -0.3 is 33.5 Å². The lowest BCUT2D eigenvalue weighted by atomic mass is 9.69. The fourth-order valence-electron chi connectivity index (χ4n) is 9.84. The summed E-state index contributed by atoms with van der Waals surface area (Å²) in [5, 5.41) is 11.0. The molecule has 2 fully saturated rings. The Kier molecular flexibility index (Phi) is 11.8. The number of hydrogen-bond acceptors (Lipinski definition) is 7. The smallest absolute Gasteiger partial charge is 0.122 e. The van der Waals surface area contributed by atoms with Crippen LogP contribution in [0.1, 0.15) is 70.2 Å². The van der Waals surface area contributed by atoms with Gasteiger partial charge in [0.25, 0.3) is 0 Å². The number of rotatable bonds is 16. The van der Waals surface area contributed by atoms with Crippen LogP contribution in [-0.2, 0) is 46.0 Å². The number of hydrogen-bond donors (Lipinski definition) is 1. The summed E-state index contributed by atoms with van der Waals surface area (Å²) < 4.78 is 34.9. The quantitative estimate of drug-likeness (QED) is 0.0769. The highest BCUT2D eigenvalue weighted by atomic mass is 16.6. The van der Waals surface area contributed by atoms with Crippen molar-refractivity contribution in [3.05, 3.63) is 190 Å². The van der Waals surface area contributed by atoms with Gasteiger partial charge in [-0.15, -0.1) is 0 Å². The Balaban J connectivity index is 0.784. The standard InChI is InChI=1S/C55H56O7/c56-47(33-57-48-17-9-43(10-18-48)54(29-25-39-5-1-2-6-40(39)26-30-54)45-13-21-50(22-14-45)59-35-52-37-61-52)34-58-49-19-11-44(12-20-49)55(31-27-41-7-3-4-8-42(41)28-32-55)46-15-23-51(24-16-46)60-36-53-38-62-53/h1-24,47,52-53,56H,25-38H2. The lowest BCUT2D eigenvalue weighted by Crippen LogP contribution is -2.28. The van der Waals surface area contributed by atoms with E-state index in [9.17, 15) is 5.11 Å². The van der Waals surface area contributed by atoms with Gasteiger partial charge >= 0.3 is 0 Å². The second-order valence-corrected chi connectivity index (χ2v) is 17.6. The van der Waals surface area contributed by atoms with Gasteiger partial charge in [-0.2, -0.15) is 0 Å². The van der Waals surface area contributed by atoms with E-state index < -0.39 is 6.10 Å². The summed E-state index contributed by atoms with van der Waals surface area (Å²) in [5.74, 6) is 3.20. The Hall–Kier alpha value is -5.60. The molecule has 6 aromatic rings. The molecule has 2 aliphatic heterocycles. The minimum atomic E-state index is -0.799. The van der Waals surface area contributed by atoms with E-state index in [2.05, 4.69) is 121 Å². The van der Waals surface area contributed by atoms with Gasteiger partial charge in [0, 0.05) is 10.8 Å². The summed E-state index contributed by atoms with van der Waals surface area (Å²) >= 11 is 0. The minimum Gasteiger partial charge on any atom is -0.491 e. The SMILES string of the molecule is OC(COc1ccc(C2(c3ccc(OCC4CO4)cc3)CCc3ccccc3CC2)cc1)COc1ccc(C2(c3ccc(OCC4CO4)cc3)CCc3ccccc3CC2)cc1. The zero-order chi connectivity index (χ0) is 41.8. The largest absolute Gasteiger partial charge is 0.491 e. The number of fused-ring (bicyclic) bond motifs is 2. The number of benzene rings is 6. The van der Waals surface area contributed by atoms with Crippen LogP contribution in [-0.4, -0.2) is 63.1 Å². The topological polar surface area (TPSA) is 82.2 Å². The zero-order valence-corrected chi connectivity index (χ0v) is 35.4. The molecule has 0 aromatic heterocycles. The molecule has 0 spiro atoms. The van der Waals surface area contributed by atoms with Gasteiger partial charge in [-0.25, -0.2) is 0 Å². The van der Waals surface area contributed by atoms with Gasteiger partial charge in [-0.3, -0.25) is 0 Å². The van der Waals surface area contributed by atoms with Crippen LogP contribution in [0.5, 0.6) is 23.0 Å². The lowest BCUT2D eigenvalue weighted by Gasteiger charge is -2.35. The summed E-state index contributed by atoms with van der Waals surface area (Å²) in [6.07, 6.45) is 7.72. The van der Waals surface area contributed by atoms with E-state index in [0.717, 1.165) is 87.6 Å². The molecule has 62 heavy (non-hydrogen) atoms. The summed E-state index contributed by atoms with van der Waals surface area (Å²) in [6.45, 7) is 3.01. The molecule has 2 saturated heterocycles. The third-order valence-corrected chi connectivity index (χ3v) is 13.7. The first-order chi connectivity index (χ1) is 30.5. The minimum absolute atomic E-state index is 0.127.